The van der Waals surface area contributed by atoms with Crippen LogP contribution in [-0.4, -0.2) is 41.2 Å². The predicted molar refractivity (Wildman–Crippen MR) is 106 cm³/mol. The van der Waals surface area contributed by atoms with E-state index in [1.807, 2.05) is 32.0 Å². The Kier molecular flexibility index (Phi) is 6.00. The Morgan fingerprint density at radius 2 is 1.68 bits per heavy atom. The third-order valence-corrected chi connectivity index (χ3v) is 5.29. The summed E-state index contributed by atoms with van der Waals surface area (Å²) in [6, 6.07) is 8.90. The van der Waals surface area contributed by atoms with Crippen molar-refractivity contribution in [2.75, 3.05) is 13.2 Å². The average Bonchev–Trinajstić information content (AvgIpc) is 2.91. The molecule has 1 aliphatic heterocycles. The van der Waals surface area contributed by atoms with Gasteiger partial charge < -0.3 is 15.2 Å². The first-order valence-corrected chi connectivity index (χ1v) is 9.62. The van der Waals surface area contributed by atoms with Gasteiger partial charge in [-0.1, -0.05) is 30.3 Å². The molecule has 0 radical (unpaired) electrons. The lowest BCUT2D eigenvalue weighted by Gasteiger charge is -2.23. The van der Waals surface area contributed by atoms with Crippen LogP contribution in [0, 0.1) is 13.8 Å². The Morgan fingerprint density at radius 1 is 1.10 bits per heavy atom. The summed E-state index contributed by atoms with van der Waals surface area (Å²) in [5.74, 6) is -0.0447. The largest absolute Gasteiger partial charge is 0.490 e. The van der Waals surface area contributed by atoms with E-state index in [-0.39, 0.29) is 18.7 Å². The van der Waals surface area contributed by atoms with Crippen LogP contribution in [0.4, 0.5) is 18.0 Å². The highest BCUT2D eigenvalue weighted by Crippen LogP contribution is 2.33. The molecule has 1 saturated heterocycles. The van der Waals surface area contributed by atoms with Gasteiger partial charge in [0.25, 0.3) is 5.91 Å². The zero-order valence-electron chi connectivity index (χ0n) is 17.3. The maximum atomic E-state index is 12.9. The summed E-state index contributed by atoms with van der Waals surface area (Å²) in [6.07, 6.45) is -5.66. The molecule has 6 nitrogen and oxygen atoms in total. The topological polar surface area (TPSA) is 78.9 Å². The average molecular weight is 436 g/mol. The van der Waals surface area contributed by atoms with Crippen molar-refractivity contribution in [3.63, 3.8) is 0 Å². The van der Waals surface area contributed by atoms with Crippen LogP contribution in [0.1, 0.15) is 29.2 Å². The number of alkyl halides is 3. The normalized spacial score (nSPS) is 20.0. The smallest absolute Gasteiger partial charge is 0.416 e. The van der Waals surface area contributed by atoms with Crippen molar-refractivity contribution in [3.05, 3.63) is 64.7 Å². The standard InChI is InChI=1S/C22H23F3N2O4/c1-13-5-4-6-14(2)18(13)31-12-17(28)11-27-19(29)21(3,26-20(27)30)15-7-9-16(10-8-15)22(23,24)25/h4-10,17,28H,11-12H2,1-3H3,(H,26,30). The molecule has 1 fully saturated rings. The van der Waals surface area contributed by atoms with E-state index in [2.05, 4.69) is 5.32 Å². The fraction of sp³-hybridized carbons (Fsp3) is 0.364. The second-order valence-electron chi connectivity index (χ2n) is 7.73. The molecule has 0 saturated carbocycles. The SMILES string of the molecule is Cc1cccc(C)c1OCC(O)CN1C(=O)NC(C)(c2ccc(C(F)(F)F)cc2)C1=O. The number of nitrogens with one attached hydrogen (secondary N) is 1. The first-order valence-electron chi connectivity index (χ1n) is 9.62. The van der Waals surface area contributed by atoms with Crippen molar-refractivity contribution in [1.82, 2.24) is 10.2 Å². The summed E-state index contributed by atoms with van der Waals surface area (Å²) in [5, 5.41) is 12.8. The number of urea groups is 1. The van der Waals surface area contributed by atoms with Gasteiger partial charge in [-0.2, -0.15) is 13.2 Å². The van der Waals surface area contributed by atoms with E-state index < -0.39 is 35.3 Å². The maximum absolute atomic E-state index is 12.9. The first kappa shape index (κ1) is 22.6. The number of aryl methyl sites for hydroxylation is 2. The van der Waals surface area contributed by atoms with Crippen LogP contribution in [0.3, 0.4) is 0 Å². The summed E-state index contributed by atoms with van der Waals surface area (Å²) in [4.78, 5) is 26.1. The van der Waals surface area contributed by atoms with Crippen molar-refractivity contribution < 1.29 is 32.6 Å². The molecule has 0 bridgehead atoms. The molecule has 2 unspecified atom stereocenters. The number of aliphatic hydroxyl groups is 1. The number of hydrogen-bond donors (Lipinski definition) is 2. The van der Waals surface area contributed by atoms with Gasteiger partial charge in [0.05, 0.1) is 12.1 Å². The fourth-order valence-electron chi connectivity index (χ4n) is 3.52. The Hall–Kier alpha value is -3.07. The molecule has 0 aromatic heterocycles. The number of carbonyl (C=O) groups is 2. The number of nitrogens with zero attached hydrogens (tertiary/aromatic N) is 1. The Balaban J connectivity index is 1.69. The second kappa shape index (κ2) is 8.22. The van der Waals surface area contributed by atoms with Gasteiger partial charge in [0.2, 0.25) is 0 Å². The van der Waals surface area contributed by atoms with Gasteiger partial charge in [0, 0.05) is 0 Å². The first-order chi connectivity index (χ1) is 14.4. The summed E-state index contributed by atoms with van der Waals surface area (Å²) in [7, 11) is 0. The number of β-amino-alcohol motifs (C(OH)–C–C–N with tert-alkyl or cyclic N) is 1. The van der Waals surface area contributed by atoms with Gasteiger partial charge >= 0.3 is 12.2 Å². The molecular weight excluding hydrogens is 413 g/mol. The molecule has 1 aliphatic rings. The number of aliphatic hydroxyl groups excluding tert-OH is 1. The van der Waals surface area contributed by atoms with Crippen LogP contribution in [0.5, 0.6) is 5.75 Å². The monoisotopic (exact) mass is 436 g/mol. The van der Waals surface area contributed by atoms with Crippen molar-refractivity contribution >= 4 is 11.9 Å². The van der Waals surface area contributed by atoms with E-state index >= 15 is 0 Å². The van der Waals surface area contributed by atoms with Gasteiger partial charge in [-0.05, 0) is 49.6 Å². The molecule has 2 aromatic carbocycles. The van der Waals surface area contributed by atoms with E-state index in [1.165, 1.54) is 6.92 Å². The van der Waals surface area contributed by atoms with E-state index in [0.717, 1.165) is 40.3 Å². The van der Waals surface area contributed by atoms with Crippen LogP contribution >= 0.6 is 0 Å². The lowest BCUT2D eigenvalue weighted by molar-refractivity contribution is -0.137. The molecule has 2 atom stereocenters. The molecule has 166 valence electrons. The van der Waals surface area contributed by atoms with Gasteiger partial charge in [-0.25, -0.2) is 4.79 Å². The number of rotatable bonds is 6. The molecule has 1 heterocycles. The van der Waals surface area contributed by atoms with E-state index in [4.69, 9.17) is 4.74 Å². The van der Waals surface area contributed by atoms with Gasteiger partial charge in [-0.3, -0.25) is 9.69 Å². The molecule has 3 rings (SSSR count). The number of ether oxygens (including phenoxy) is 1. The summed E-state index contributed by atoms with van der Waals surface area (Å²) >= 11 is 0. The number of halogens is 3. The Morgan fingerprint density at radius 3 is 2.23 bits per heavy atom. The molecule has 31 heavy (non-hydrogen) atoms. The summed E-state index contributed by atoms with van der Waals surface area (Å²) < 4.78 is 44.1. The summed E-state index contributed by atoms with van der Waals surface area (Å²) in [6.45, 7) is 4.68. The lowest BCUT2D eigenvalue weighted by Crippen LogP contribution is -2.42. The highest BCUT2D eigenvalue weighted by molar-refractivity contribution is 6.07. The van der Waals surface area contributed by atoms with Crippen molar-refractivity contribution in [1.29, 1.82) is 0 Å². The number of hydrogen-bond acceptors (Lipinski definition) is 4. The van der Waals surface area contributed by atoms with Crippen molar-refractivity contribution in [3.8, 4) is 5.75 Å². The van der Waals surface area contributed by atoms with E-state index in [9.17, 15) is 27.9 Å². The van der Waals surface area contributed by atoms with Crippen LogP contribution in [0.25, 0.3) is 0 Å². The van der Waals surface area contributed by atoms with E-state index in [1.54, 1.807) is 0 Å². The highest BCUT2D eigenvalue weighted by atomic mass is 19.4. The Bertz CT molecular complexity index is 971. The van der Waals surface area contributed by atoms with E-state index in [0.29, 0.717) is 5.75 Å². The predicted octanol–water partition coefficient (Wildman–Crippen LogP) is 3.53. The quantitative estimate of drug-likeness (QED) is 0.680. The van der Waals surface area contributed by atoms with Crippen LogP contribution in [-0.2, 0) is 16.5 Å². The molecule has 0 spiro atoms. The molecular formula is C22H23F3N2O4. The molecule has 2 N–H and O–H groups in total. The second-order valence-corrected chi connectivity index (χ2v) is 7.73. The minimum absolute atomic E-state index is 0.139. The Labute approximate surface area is 177 Å². The van der Waals surface area contributed by atoms with Gasteiger partial charge in [0.15, 0.2) is 0 Å². The van der Waals surface area contributed by atoms with Crippen molar-refractivity contribution in [2.24, 2.45) is 0 Å². The third-order valence-electron chi connectivity index (χ3n) is 5.29. The zero-order chi connectivity index (χ0) is 23.0. The zero-order valence-corrected chi connectivity index (χ0v) is 17.3. The van der Waals surface area contributed by atoms with Gasteiger partial charge in [0.1, 0.15) is 24.0 Å². The van der Waals surface area contributed by atoms with Crippen LogP contribution in [0.15, 0.2) is 42.5 Å². The lowest BCUT2D eigenvalue weighted by atomic mass is 9.91. The minimum Gasteiger partial charge on any atom is -0.490 e. The van der Waals surface area contributed by atoms with Crippen LogP contribution < -0.4 is 10.1 Å². The molecule has 3 amide bonds. The summed E-state index contributed by atoms with van der Waals surface area (Å²) in [5.41, 5.74) is -0.404. The highest BCUT2D eigenvalue weighted by Gasteiger charge is 2.49. The van der Waals surface area contributed by atoms with Gasteiger partial charge in [-0.15, -0.1) is 0 Å². The van der Waals surface area contributed by atoms with Crippen molar-refractivity contribution in [2.45, 2.75) is 38.6 Å². The molecule has 0 aliphatic carbocycles. The number of carbonyl (C=O) groups excluding carboxylic acids is 2. The molecule has 9 heteroatoms. The number of para-hydroxylation sites is 1. The fourth-order valence-corrected chi connectivity index (χ4v) is 3.52. The number of amides is 3. The maximum Gasteiger partial charge on any atom is 0.416 e. The number of benzene rings is 2. The van der Waals surface area contributed by atoms with Crippen LogP contribution in [0.2, 0.25) is 0 Å². The number of imide groups is 1. The minimum atomic E-state index is -4.51. The third kappa shape index (κ3) is 4.51. The molecule has 2 aromatic rings.